The van der Waals surface area contributed by atoms with Gasteiger partial charge >= 0.3 is 0 Å². The minimum Gasteiger partial charge on any atom is -0.373 e. The predicted molar refractivity (Wildman–Crippen MR) is 75.4 cm³/mol. The number of benzene rings is 1. The van der Waals surface area contributed by atoms with Crippen molar-refractivity contribution in [1.82, 2.24) is 9.97 Å². The lowest BCUT2D eigenvalue weighted by Crippen LogP contribution is -2.03. The fraction of sp³-hybridized carbons (Fsp3) is 0.214. The number of hydrogen-bond acceptors (Lipinski definition) is 5. The average molecular weight is 253 g/mol. The highest BCUT2D eigenvalue weighted by molar-refractivity contribution is 5.65. The average Bonchev–Trinajstić information content (AvgIpc) is 2.47. The maximum absolute atomic E-state index is 9.06. The van der Waals surface area contributed by atoms with Gasteiger partial charge in [-0.2, -0.15) is 5.26 Å². The number of nitriles is 1. The van der Waals surface area contributed by atoms with E-state index in [1.165, 1.54) is 0 Å². The smallest absolute Gasteiger partial charge is 0.136 e. The van der Waals surface area contributed by atoms with Crippen LogP contribution in [0.4, 0.5) is 17.3 Å². The summed E-state index contributed by atoms with van der Waals surface area (Å²) in [5.74, 6) is 2.19. The zero-order valence-corrected chi connectivity index (χ0v) is 10.9. The molecule has 1 heterocycles. The first-order valence-corrected chi connectivity index (χ1v) is 6.08. The largest absolute Gasteiger partial charge is 0.373 e. The lowest BCUT2D eigenvalue weighted by atomic mass is 10.2. The number of hydrogen-bond donors (Lipinski definition) is 2. The molecule has 1 aromatic heterocycles. The van der Waals surface area contributed by atoms with E-state index in [-0.39, 0.29) is 0 Å². The Balaban J connectivity index is 2.35. The quantitative estimate of drug-likeness (QED) is 0.876. The fourth-order valence-corrected chi connectivity index (χ4v) is 1.67. The van der Waals surface area contributed by atoms with Gasteiger partial charge in [0.1, 0.15) is 23.5 Å². The van der Waals surface area contributed by atoms with Crippen molar-refractivity contribution in [2.75, 3.05) is 17.7 Å². The molecule has 0 aliphatic heterocycles. The van der Waals surface area contributed by atoms with Crippen LogP contribution in [-0.2, 0) is 6.42 Å². The summed E-state index contributed by atoms with van der Waals surface area (Å²) in [5, 5.41) is 15.2. The molecule has 0 radical (unpaired) electrons. The Hall–Kier alpha value is -2.61. The lowest BCUT2D eigenvalue weighted by Gasteiger charge is -2.10. The molecule has 0 saturated heterocycles. The lowest BCUT2D eigenvalue weighted by molar-refractivity contribution is 0.944. The summed E-state index contributed by atoms with van der Waals surface area (Å²) >= 11 is 0. The van der Waals surface area contributed by atoms with E-state index < -0.39 is 0 Å². The van der Waals surface area contributed by atoms with Gasteiger partial charge in [0.25, 0.3) is 0 Å². The Morgan fingerprint density at radius 2 is 1.95 bits per heavy atom. The molecule has 0 unspecified atom stereocenters. The van der Waals surface area contributed by atoms with Crippen molar-refractivity contribution < 1.29 is 0 Å². The van der Waals surface area contributed by atoms with Crippen LogP contribution < -0.4 is 10.6 Å². The molecule has 1 aromatic carbocycles. The molecule has 2 N–H and O–H groups in total. The first-order chi connectivity index (χ1) is 9.26. The minimum absolute atomic E-state index is 0.588. The number of anilines is 3. The first kappa shape index (κ1) is 12.8. The Morgan fingerprint density at radius 3 is 2.63 bits per heavy atom. The van der Waals surface area contributed by atoms with Gasteiger partial charge in [0.05, 0.1) is 11.3 Å². The van der Waals surface area contributed by atoms with Crippen LogP contribution in [0, 0.1) is 11.3 Å². The zero-order valence-electron chi connectivity index (χ0n) is 10.9. The third-order valence-corrected chi connectivity index (χ3v) is 2.66. The van der Waals surface area contributed by atoms with Gasteiger partial charge in [0, 0.05) is 19.5 Å². The second kappa shape index (κ2) is 5.83. The van der Waals surface area contributed by atoms with Gasteiger partial charge in [-0.1, -0.05) is 19.1 Å². The van der Waals surface area contributed by atoms with Crippen LogP contribution in [0.1, 0.15) is 18.3 Å². The van der Waals surface area contributed by atoms with E-state index in [1.807, 2.05) is 38.2 Å². The highest BCUT2D eigenvalue weighted by Crippen LogP contribution is 2.20. The number of para-hydroxylation sites is 1. The number of nitrogens with zero attached hydrogens (tertiary/aromatic N) is 3. The predicted octanol–water partition coefficient (Wildman–Crippen LogP) is 2.70. The van der Waals surface area contributed by atoms with Gasteiger partial charge in [-0.3, -0.25) is 0 Å². The second-order valence-corrected chi connectivity index (χ2v) is 3.94. The van der Waals surface area contributed by atoms with Crippen molar-refractivity contribution in [3.8, 4) is 6.07 Å². The normalized spacial score (nSPS) is 9.74. The van der Waals surface area contributed by atoms with Gasteiger partial charge in [-0.05, 0) is 12.1 Å². The summed E-state index contributed by atoms with van der Waals surface area (Å²) < 4.78 is 0. The van der Waals surface area contributed by atoms with Crippen LogP contribution in [0.15, 0.2) is 30.3 Å². The second-order valence-electron chi connectivity index (χ2n) is 3.94. The molecule has 0 atom stereocenters. The monoisotopic (exact) mass is 253 g/mol. The highest BCUT2D eigenvalue weighted by atomic mass is 15.1. The molecule has 0 aliphatic rings. The van der Waals surface area contributed by atoms with Crippen molar-refractivity contribution in [3.63, 3.8) is 0 Å². The summed E-state index contributed by atoms with van der Waals surface area (Å²) in [5.41, 5.74) is 1.33. The molecular weight excluding hydrogens is 238 g/mol. The van der Waals surface area contributed by atoms with Gasteiger partial charge in [-0.15, -0.1) is 0 Å². The van der Waals surface area contributed by atoms with E-state index >= 15 is 0 Å². The number of aromatic nitrogens is 2. The Morgan fingerprint density at radius 1 is 1.21 bits per heavy atom. The van der Waals surface area contributed by atoms with Crippen molar-refractivity contribution in [1.29, 1.82) is 5.26 Å². The molecule has 0 amide bonds. The van der Waals surface area contributed by atoms with Crippen LogP contribution in [0.5, 0.6) is 0 Å². The van der Waals surface area contributed by atoms with Crippen molar-refractivity contribution in [2.24, 2.45) is 0 Å². The third-order valence-electron chi connectivity index (χ3n) is 2.66. The highest BCUT2D eigenvalue weighted by Gasteiger charge is 2.05. The van der Waals surface area contributed by atoms with E-state index in [4.69, 9.17) is 5.26 Å². The molecule has 96 valence electrons. The number of aryl methyl sites for hydroxylation is 1. The van der Waals surface area contributed by atoms with Crippen molar-refractivity contribution in [3.05, 3.63) is 41.7 Å². The Kier molecular flexibility index (Phi) is 3.94. The van der Waals surface area contributed by atoms with Gasteiger partial charge < -0.3 is 10.6 Å². The van der Waals surface area contributed by atoms with Crippen LogP contribution in [-0.4, -0.2) is 17.0 Å². The van der Waals surface area contributed by atoms with Crippen LogP contribution in [0.3, 0.4) is 0 Å². The van der Waals surface area contributed by atoms with Crippen LogP contribution in [0.25, 0.3) is 0 Å². The zero-order chi connectivity index (χ0) is 13.7. The maximum atomic E-state index is 9.06. The molecule has 0 spiro atoms. The Bertz CT molecular complexity index is 593. The molecule has 0 fully saturated rings. The van der Waals surface area contributed by atoms with Gasteiger partial charge in [0.2, 0.25) is 0 Å². The van der Waals surface area contributed by atoms with E-state index in [0.29, 0.717) is 11.4 Å². The Labute approximate surface area is 112 Å². The number of nitrogens with one attached hydrogen (secondary N) is 2. The summed E-state index contributed by atoms with van der Waals surface area (Å²) in [6, 6.07) is 11.3. The van der Waals surface area contributed by atoms with Crippen LogP contribution in [0.2, 0.25) is 0 Å². The number of rotatable bonds is 4. The standard InChI is InChI=1S/C14H15N5/c1-3-12-18-13(16-2)8-14(19-12)17-11-7-5-4-6-10(11)9-15/h4-8H,3H2,1-2H3,(H2,16,17,18,19). The SMILES string of the molecule is CCc1nc(NC)cc(Nc2ccccc2C#N)n1. The topological polar surface area (TPSA) is 73.6 Å². The van der Waals surface area contributed by atoms with E-state index in [9.17, 15) is 0 Å². The van der Waals surface area contributed by atoms with Gasteiger partial charge in [0.15, 0.2) is 0 Å². The molecule has 0 bridgehead atoms. The molecule has 2 rings (SSSR count). The molecule has 0 aliphatic carbocycles. The van der Waals surface area contributed by atoms with E-state index in [1.54, 1.807) is 6.07 Å². The maximum Gasteiger partial charge on any atom is 0.136 e. The molecule has 5 heteroatoms. The fourth-order valence-electron chi connectivity index (χ4n) is 1.67. The summed E-state index contributed by atoms with van der Waals surface area (Å²) in [4.78, 5) is 8.73. The van der Waals surface area contributed by atoms with Crippen molar-refractivity contribution in [2.45, 2.75) is 13.3 Å². The third kappa shape index (κ3) is 2.99. The van der Waals surface area contributed by atoms with Crippen LogP contribution >= 0.6 is 0 Å². The molecule has 5 nitrogen and oxygen atoms in total. The summed E-state index contributed by atoms with van der Waals surface area (Å²) in [6.07, 6.45) is 0.754. The summed E-state index contributed by atoms with van der Waals surface area (Å²) in [7, 11) is 1.81. The minimum atomic E-state index is 0.588. The summed E-state index contributed by atoms with van der Waals surface area (Å²) in [6.45, 7) is 2.00. The first-order valence-electron chi connectivity index (χ1n) is 6.08. The van der Waals surface area contributed by atoms with Gasteiger partial charge in [-0.25, -0.2) is 9.97 Å². The molecule has 19 heavy (non-hydrogen) atoms. The molecule has 2 aromatic rings. The molecular formula is C14H15N5. The van der Waals surface area contributed by atoms with E-state index in [0.717, 1.165) is 23.8 Å². The van der Waals surface area contributed by atoms with E-state index in [2.05, 4.69) is 26.7 Å². The molecule has 0 saturated carbocycles. The van der Waals surface area contributed by atoms with Crippen molar-refractivity contribution >= 4 is 17.3 Å².